The molecule has 0 saturated carbocycles. The molecule has 0 bridgehead atoms. The lowest BCUT2D eigenvalue weighted by molar-refractivity contribution is 0.0745. The lowest BCUT2D eigenvalue weighted by Crippen LogP contribution is -2.49. The van der Waals surface area contributed by atoms with Gasteiger partial charge in [-0.15, -0.1) is 0 Å². The van der Waals surface area contributed by atoms with Gasteiger partial charge in [0.2, 0.25) is 0 Å². The van der Waals surface area contributed by atoms with E-state index in [4.69, 9.17) is 10.5 Å². The van der Waals surface area contributed by atoms with Crippen molar-refractivity contribution < 1.29 is 9.53 Å². The van der Waals surface area contributed by atoms with E-state index >= 15 is 0 Å². The summed E-state index contributed by atoms with van der Waals surface area (Å²) in [7, 11) is 0. The Bertz CT molecular complexity index is 290. The molecule has 2 aliphatic rings. The summed E-state index contributed by atoms with van der Waals surface area (Å²) in [6.07, 6.45) is 5.59. The minimum atomic E-state index is -0.159. The van der Waals surface area contributed by atoms with Gasteiger partial charge in [-0.3, -0.25) is 4.90 Å². The van der Waals surface area contributed by atoms with Crippen molar-refractivity contribution in [1.29, 1.82) is 0 Å². The van der Waals surface area contributed by atoms with Gasteiger partial charge in [0, 0.05) is 31.7 Å². The summed E-state index contributed by atoms with van der Waals surface area (Å²) in [5.74, 6) is 0. The number of carbonyl (C=O) groups is 1. The fourth-order valence-corrected chi connectivity index (χ4v) is 3.17. The molecule has 1 atom stereocenters. The SMILES string of the molecule is CCOC(=O)N1CCC(N2CCCC[C@@H](N)C2)CC1. The van der Waals surface area contributed by atoms with E-state index < -0.39 is 0 Å². The third kappa shape index (κ3) is 4.08. The average molecular weight is 269 g/mol. The van der Waals surface area contributed by atoms with Crippen LogP contribution in [0.15, 0.2) is 0 Å². The predicted octanol–water partition coefficient (Wildman–Crippen LogP) is 1.42. The summed E-state index contributed by atoms with van der Waals surface area (Å²) >= 11 is 0. The molecule has 19 heavy (non-hydrogen) atoms. The van der Waals surface area contributed by atoms with Crippen LogP contribution in [-0.2, 0) is 4.74 Å². The lowest BCUT2D eigenvalue weighted by atomic mass is 10.0. The summed E-state index contributed by atoms with van der Waals surface area (Å²) in [6, 6.07) is 0.917. The smallest absolute Gasteiger partial charge is 0.409 e. The average Bonchev–Trinajstić information content (AvgIpc) is 2.64. The van der Waals surface area contributed by atoms with Crippen LogP contribution in [0.25, 0.3) is 0 Å². The first-order valence-electron chi connectivity index (χ1n) is 7.62. The minimum Gasteiger partial charge on any atom is -0.450 e. The molecule has 0 aromatic rings. The second-order valence-corrected chi connectivity index (χ2v) is 5.67. The third-order valence-corrected chi connectivity index (χ3v) is 4.25. The number of piperidine rings is 1. The van der Waals surface area contributed by atoms with E-state index in [1.54, 1.807) is 0 Å². The predicted molar refractivity (Wildman–Crippen MR) is 75.0 cm³/mol. The molecule has 0 radical (unpaired) electrons. The minimum absolute atomic E-state index is 0.159. The molecular weight excluding hydrogens is 242 g/mol. The molecule has 5 nitrogen and oxygen atoms in total. The quantitative estimate of drug-likeness (QED) is 0.823. The Balaban J connectivity index is 1.80. The Labute approximate surface area is 116 Å². The molecule has 2 heterocycles. The Hall–Kier alpha value is -0.810. The molecule has 0 aromatic heterocycles. The number of nitrogens with zero attached hydrogens (tertiary/aromatic N) is 2. The van der Waals surface area contributed by atoms with E-state index in [1.807, 2.05) is 11.8 Å². The summed E-state index contributed by atoms with van der Waals surface area (Å²) in [6.45, 7) is 6.12. The van der Waals surface area contributed by atoms with Gasteiger partial charge >= 0.3 is 6.09 Å². The molecule has 2 N–H and O–H groups in total. The zero-order valence-electron chi connectivity index (χ0n) is 12.0. The molecule has 2 saturated heterocycles. The number of nitrogens with two attached hydrogens (primary N) is 1. The van der Waals surface area contributed by atoms with Gasteiger partial charge in [-0.05, 0) is 39.2 Å². The first-order chi connectivity index (χ1) is 9.20. The van der Waals surface area contributed by atoms with Crippen molar-refractivity contribution in [2.45, 2.75) is 51.1 Å². The van der Waals surface area contributed by atoms with E-state index in [0.717, 1.165) is 45.4 Å². The molecule has 0 aromatic carbocycles. The van der Waals surface area contributed by atoms with Crippen LogP contribution in [0, 0.1) is 0 Å². The number of likely N-dealkylation sites (tertiary alicyclic amines) is 2. The highest BCUT2D eigenvalue weighted by atomic mass is 16.6. The van der Waals surface area contributed by atoms with Crippen molar-refractivity contribution in [2.75, 3.05) is 32.8 Å². The fourth-order valence-electron chi connectivity index (χ4n) is 3.17. The molecule has 0 unspecified atom stereocenters. The van der Waals surface area contributed by atoms with E-state index in [0.29, 0.717) is 18.7 Å². The first-order valence-corrected chi connectivity index (χ1v) is 7.62. The molecule has 110 valence electrons. The lowest BCUT2D eigenvalue weighted by Gasteiger charge is -2.38. The number of amides is 1. The molecule has 1 amide bonds. The Kier molecular flexibility index (Phi) is 5.45. The molecule has 2 fully saturated rings. The van der Waals surface area contributed by atoms with E-state index in [2.05, 4.69) is 4.90 Å². The number of hydrogen-bond donors (Lipinski definition) is 1. The topological polar surface area (TPSA) is 58.8 Å². The van der Waals surface area contributed by atoms with Gasteiger partial charge in [-0.2, -0.15) is 0 Å². The molecule has 5 heteroatoms. The fraction of sp³-hybridized carbons (Fsp3) is 0.929. The van der Waals surface area contributed by atoms with Gasteiger partial charge in [-0.25, -0.2) is 4.79 Å². The standard InChI is InChI=1S/C14H27N3O2/c1-2-19-14(18)16-9-6-13(7-10-16)17-8-4-3-5-12(15)11-17/h12-13H,2-11,15H2,1H3/t12-/m1/s1. The first kappa shape index (κ1) is 14.6. The van der Waals surface area contributed by atoms with Gasteiger partial charge in [0.25, 0.3) is 0 Å². The van der Waals surface area contributed by atoms with Crippen LogP contribution >= 0.6 is 0 Å². The Morgan fingerprint density at radius 1 is 1.21 bits per heavy atom. The molecule has 0 aliphatic carbocycles. The number of carbonyl (C=O) groups excluding carboxylic acids is 1. The van der Waals surface area contributed by atoms with Crippen LogP contribution in [0.1, 0.15) is 39.0 Å². The van der Waals surface area contributed by atoms with Crippen LogP contribution in [0.2, 0.25) is 0 Å². The maximum atomic E-state index is 11.7. The van der Waals surface area contributed by atoms with Crippen LogP contribution in [0.4, 0.5) is 4.79 Å². The second kappa shape index (κ2) is 7.10. The van der Waals surface area contributed by atoms with Crippen LogP contribution < -0.4 is 5.73 Å². The van der Waals surface area contributed by atoms with Crippen LogP contribution in [0.5, 0.6) is 0 Å². The highest BCUT2D eigenvalue weighted by Gasteiger charge is 2.28. The van der Waals surface area contributed by atoms with E-state index in [9.17, 15) is 4.79 Å². The highest BCUT2D eigenvalue weighted by Crippen LogP contribution is 2.20. The maximum Gasteiger partial charge on any atom is 0.409 e. The Morgan fingerprint density at radius 3 is 2.63 bits per heavy atom. The monoisotopic (exact) mass is 269 g/mol. The third-order valence-electron chi connectivity index (χ3n) is 4.25. The Morgan fingerprint density at radius 2 is 1.95 bits per heavy atom. The van der Waals surface area contributed by atoms with Crippen molar-refractivity contribution in [3.8, 4) is 0 Å². The summed E-state index contributed by atoms with van der Waals surface area (Å²) in [5.41, 5.74) is 6.12. The number of rotatable bonds is 2. The van der Waals surface area contributed by atoms with Gasteiger partial charge in [0.05, 0.1) is 6.61 Å². The summed E-state index contributed by atoms with van der Waals surface area (Å²) < 4.78 is 5.05. The van der Waals surface area contributed by atoms with Crippen molar-refractivity contribution in [3.63, 3.8) is 0 Å². The van der Waals surface area contributed by atoms with Gasteiger partial charge in [-0.1, -0.05) is 6.42 Å². The van der Waals surface area contributed by atoms with Crippen molar-refractivity contribution in [1.82, 2.24) is 9.80 Å². The maximum absolute atomic E-state index is 11.7. The van der Waals surface area contributed by atoms with Crippen LogP contribution in [0.3, 0.4) is 0 Å². The van der Waals surface area contributed by atoms with E-state index in [1.165, 1.54) is 12.8 Å². The zero-order valence-corrected chi connectivity index (χ0v) is 12.0. The van der Waals surface area contributed by atoms with Gasteiger partial charge in [0.1, 0.15) is 0 Å². The zero-order chi connectivity index (χ0) is 13.7. The highest BCUT2D eigenvalue weighted by molar-refractivity contribution is 5.67. The molecular formula is C14H27N3O2. The number of hydrogen-bond acceptors (Lipinski definition) is 4. The molecule has 2 aliphatic heterocycles. The van der Waals surface area contributed by atoms with Crippen LogP contribution in [-0.4, -0.2) is 60.8 Å². The molecule has 2 rings (SSSR count). The second-order valence-electron chi connectivity index (χ2n) is 5.67. The summed E-state index contributed by atoms with van der Waals surface area (Å²) in [4.78, 5) is 16.0. The molecule has 0 spiro atoms. The normalized spacial score (nSPS) is 27.1. The van der Waals surface area contributed by atoms with Crippen molar-refractivity contribution in [3.05, 3.63) is 0 Å². The number of ether oxygens (including phenoxy) is 1. The van der Waals surface area contributed by atoms with E-state index in [-0.39, 0.29) is 6.09 Å². The van der Waals surface area contributed by atoms with Gasteiger partial charge < -0.3 is 15.4 Å². The van der Waals surface area contributed by atoms with Gasteiger partial charge in [0.15, 0.2) is 0 Å². The largest absolute Gasteiger partial charge is 0.450 e. The summed E-state index contributed by atoms with van der Waals surface area (Å²) in [5, 5.41) is 0. The van der Waals surface area contributed by atoms with Crippen molar-refractivity contribution >= 4 is 6.09 Å². The van der Waals surface area contributed by atoms with Crippen molar-refractivity contribution in [2.24, 2.45) is 5.73 Å².